The number of carbonyl (C=O) groups excluding carboxylic acids is 1. The Balaban J connectivity index is 1.71. The number of thiophene rings is 1. The molecule has 0 saturated carbocycles. The number of halogens is 2. The summed E-state index contributed by atoms with van der Waals surface area (Å²) in [5.74, 6) is -0.504. The molecule has 0 radical (unpaired) electrons. The highest BCUT2D eigenvalue weighted by molar-refractivity contribution is 7.17. The summed E-state index contributed by atoms with van der Waals surface area (Å²) < 4.78 is 13.2. The van der Waals surface area contributed by atoms with Gasteiger partial charge in [0.1, 0.15) is 5.82 Å². The lowest BCUT2D eigenvalue weighted by molar-refractivity contribution is -0.119. The van der Waals surface area contributed by atoms with Gasteiger partial charge in [0.15, 0.2) is 5.13 Å². The van der Waals surface area contributed by atoms with E-state index < -0.39 is 5.82 Å². The van der Waals surface area contributed by atoms with Gasteiger partial charge in [0.2, 0.25) is 5.91 Å². The number of aromatic nitrogens is 1. The molecule has 0 atom stereocenters. The molecule has 3 rings (SSSR count). The fourth-order valence-electron chi connectivity index (χ4n) is 1.96. The van der Waals surface area contributed by atoms with Gasteiger partial charge >= 0.3 is 0 Å². The van der Waals surface area contributed by atoms with Gasteiger partial charge in [-0.05, 0) is 30.3 Å². The molecule has 0 fully saturated rings. The van der Waals surface area contributed by atoms with E-state index in [4.69, 9.17) is 11.6 Å². The van der Waals surface area contributed by atoms with Crippen LogP contribution in [-0.2, 0) is 11.3 Å². The topological polar surface area (TPSA) is 54.0 Å². The zero-order chi connectivity index (χ0) is 17.1. The van der Waals surface area contributed by atoms with Crippen molar-refractivity contribution in [3.05, 3.63) is 51.4 Å². The predicted octanol–water partition coefficient (Wildman–Crippen LogP) is 5.04. The summed E-state index contributed by atoms with van der Waals surface area (Å²) in [4.78, 5) is 17.6. The van der Waals surface area contributed by atoms with E-state index in [-0.39, 0.29) is 10.9 Å². The Kier molecular flexibility index (Phi) is 5.13. The molecule has 0 spiro atoms. The maximum absolute atomic E-state index is 13.2. The number of hydrogen-bond donors (Lipinski definition) is 2. The predicted molar refractivity (Wildman–Crippen MR) is 97.6 cm³/mol. The number of nitrogens with one attached hydrogen (secondary N) is 2. The number of hydrogen-bond acceptors (Lipinski definition) is 5. The van der Waals surface area contributed by atoms with Gasteiger partial charge in [0.05, 0.1) is 22.1 Å². The van der Waals surface area contributed by atoms with Crippen LogP contribution in [0.5, 0.6) is 0 Å². The van der Waals surface area contributed by atoms with Gasteiger partial charge in [-0.1, -0.05) is 11.6 Å². The Morgan fingerprint density at radius 3 is 2.92 bits per heavy atom. The van der Waals surface area contributed by atoms with E-state index >= 15 is 0 Å². The third-order valence-electron chi connectivity index (χ3n) is 3.10. The van der Waals surface area contributed by atoms with Crippen molar-refractivity contribution in [2.75, 3.05) is 5.32 Å². The lowest BCUT2D eigenvalue weighted by Crippen LogP contribution is -2.17. The smallest absolute Gasteiger partial charge is 0.217 e. The first-order chi connectivity index (χ1) is 11.5. The van der Waals surface area contributed by atoms with Gasteiger partial charge in [-0.2, -0.15) is 0 Å². The van der Waals surface area contributed by atoms with Gasteiger partial charge in [0.25, 0.3) is 0 Å². The molecule has 0 saturated heterocycles. The second-order valence-corrected chi connectivity index (χ2v) is 7.40. The molecule has 8 heteroatoms. The minimum atomic E-state index is -0.452. The number of carbonyl (C=O) groups is 1. The van der Waals surface area contributed by atoms with Crippen LogP contribution in [0.15, 0.2) is 35.7 Å². The average Bonchev–Trinajstić information content (AvgIpc) is 3.18. The van der Waals surface area contributed by atoms with E-state index in [0.717, 1.165) is 15.4 Å². The van der Waals surface area contributed by atoms with E-state index in [9.17, 15) is 9.18 Å². The van der Waals surface area contributed by atoms with Crippen LogP contribution in [0.1, 0.15) is 11.8 Å². The normalized spacial score (nSPS) is 10.6. The van der Waals surface area contributed by atoms with Crippen molar-refractivity contribution >= 4 is 51.0 Å². The SMILES string of the molecule is CC(=O)NCc1ccc(-c2csc(Nc3ccc(F)c(Cl)c3)n2)s1. The van der Waals surface area contributed by atoms with Gasteiger partial charge in [-0.25, -0.2) is 9.37 Å². The molecule has 3 aromatic rings. The highest BCUT2D eigenvalue weighted by atomic mass is 35.5. The lowest BCUT2D eigenvalue weighted by Gasteiger charge is -2.03. The van der Waals surface area contributed by atoms with Crippen molar-refractivity contribution in [1.82, 2.24) is 10.3 Å². The van der Waals surface area contributed by atoms with Gasteiger partial charge < -0.3 is 10.6 Å². The van der Waals surface area contributed by atoms with E-state index in [1.165, 1.54) is 30.4 Å². The third-order valence-corrected chi connectivity index (χ3v) is 5.26. The number of benzene rings is 1. The zero-order valence-corrected chi connectivity index (χ0v) is 15.0. The number of rotatable bonds is 5. The highest BCUT2D eigenvalue weighted by Gasteiger charge is 2.09. The van der Waals surface area contributed by atoms with Crippen LogP contribution in [0, 0.1) is 5.82 Å². The first-order valence-corrected chi connectivity index (χ1v) is 9.10. The summed E-state index contributed by atoms with van der Waals surface area (Å²) in [6.07, 6.45) is 0. The molecule has 4 nitrogen and oxygen atoms in total. The summed E-state index contributed by atoms with van der Waals surface area (Å²) in [6, 6.07) is 8.40. The average molecular weight is 382 g/mol. The van der Waals surface area contributed by atoms with Gasteiger partial charge in [-0.3, -0.25) is 4.79 Å². The molecule has 0 aliphatic heterocycles. The molecule has 0 aliphatic carbocycles. The number of amides is 1. The molecule has 2 heterocycles. The summed E-state index contributed by atoms with van der Waals surface area (Å²) in [7, 11) is 0. The van der Waals surface area contributed by atoms with Crippen molar-refractivity contribution in [2.24, 2.45) is 0 Å². The molecular weight excluding hydrogens is 369 g/mol. The number of thiazole rings is 1. The molecule has 1 aromatic carbocycles. The van der Waals surface area contributed by atoms with Crippen molar-refractivity contribution in [3.8, 4) is 10.6 Å². The fraction of sp³-hybridized carbons (Fsp3) is 0.125. The van der Waals surface area contributed by atoms with Crippen LogP contribution >= 0.6 is 34.3 Å². The number of nitrogens with zero attached hydrogens (tertiary/aromatic N) is 1. The summed E-state index contributed by atoms with van der Waals surface area (Å²) in [5.41, 5.74) is 1.54. The van der Waals surface area contributed by atoms with Crippen LogP contribution in [0.25, 0.3) is 10.6 Å². The van der Waals surface area contributed by atoms with Crippen LogP contribution in [0.4, 0.5) is 15.2 Å². The summed E-state index contributed by atoms with van der Waals surface area (Å²) >= 11 is 8.81. The number of anilines is 2. The van der Waals surface area contributed by atoms with Crippen LogP contribution < -0.4 is 10.6 Å². The van der Waals surface area contributed by atoms with Crippen molar-refractivity contribution in [1.29, 1.82) is 0 Å². The quantitative estimate of drug-likeness (QED) is 0.650. The van der Waals surface area contributed by atoms with Gasteiger partial charge in [0, 0.05) is 22.9 Å². The standard InChI is InChI=1S/C16H13ClFN3OS2/c1-9(22)19-7-11-3-5-15(24-11)14-8-23-16(21-14)20-10-2-4-13(18)12(17)6-10/h2-6,8H,7H2,1H3,(H,19,22)(H,20,21). The molecule has 24 heavy (non-hydrogen) atoms. The fourth-order valence-corrected chi connectivity index (χ4v) is 3.86. The summed E-state index contributed by atoms with van der Waals surface area (Å²) in [5, 5.41) is 8.60. The maximum atomic E-state index is 13.2. The molecule has 0 unspecified atom stereocenters. The monoisotopic (exact) mass is 381 g/mol. The third kappa shape index (κ3) is 4.11. The van der Waals surface area contributed by atoms with Crippen molar-refractivity contribution < 1.29 is 9.18 Å². The first kappa shape index (κ1) is 16.9. The van der Waals surface area contributed by atoms with Gasteiger partial charge in [-0.15, -0.1) is 22.7 Å². The van der Waals surface area contributed by atoms with Crippen molar-refractivity contribution in [3.63, 3.8) is 0 Å². The highest BCUT2D eigenvalue weighted by Crippen LogP contribution is 2.32. The second-order valence-electron chi connectivity index (χ2n) is 4.97. The van der Waals surface area contributed by atoms with E-state index in [1.807, 2.05) is 17.5 Å². The Bertz CT molecular complexity index is 878. The molecule has 1 amide bonds. The largest absolute Gasteiger partial charge is 0.351 e. The van der Waals surface area contributed by atoms with E-state index in [1.54, 1.807) is 17.4 Å². The molecule has 0 aliphatic rings. The van der Waals surface area contributed by atoms with E-state index in [0.29, 0.717) is 17.4 Å². The van der Waals surface area contributed by atoms with Crippen LogP contribution in [-0.4, -0.2) is 10.9 Å². The Morgan fingerprint density at radius 2 is 2.17 bits per heavy atom. The Hall–Kier alpha value is -1.96. The van der Waals surface area contributed by atoms with Crippen molar-refractivity contribution in [2.45, 2.75) is 13.5 Å². The molecule has 2 N–H and O–H groups in total. The van der Waals surface area contributed by atoms with Crippen LogP contribution in [0.3, 0.4) is 0 Å². The zero-order valence-electron chi connectivity index (χ0n) is 12.6. The Morgan fingerprint density at radius 1 is 1.33 bits per heavy atom. The molecule has 2 aromatic heterocycles. The lowest BCUT2D eigenvalue weighted by atomic mass is 10.3. The minimum absolute atomic E-state index is 0.0527. The molecule has 124 valence electrons. The molecule has 0 bridgehead atoms. The second kappa shape index (κ2) is 7.29. The van der Waals surface area contributed by atoms with E-state index in [2.05, 4.69) is 15.6 Å². The maximum Gasteiger partial charge on any atom is 0.217 e. The first-order valence-electron chi connectivity index (χ1n) is 7.02. The minimum Gasteiger partial charge on any atom is -0.351 e. The molecular formula is C16H13ClFN3OS2. The Labute approximate surface area is 151 Å². The summed E-state index contributed by atoms with van der Waals surface area (Å²) in [6.45, 7) is 2.01. The van der Waals surface area contributed by atoms with Crippen LogP contribution in [0.2, 0.25) is 5.02 Å².